The molecule has 1 atom stereocenters. The minimum atomic E-state index is -0.0481. The molecule has 1 N–H and O–H groups in total. The zero-order valence-electron chi connectivity index (χ0n) is 9.50. The fourth-order valence-corrected chi connectivity index (χ4v) is 1.19. The molecule has 88 valence electrons. The smallest absolute Gasteiger partial charge is 0.122 e. The number of hydrogen-bond acceptors (Lipinski definition) is 3. The maximum atomic E-state index is 5.77. The lowest BCUT2D eigenvalue weighted by Crippen LogP contribution is -2.24. The van der Waals surface area contributed by atoms with Crippen LogP contribution in [0, 0.1) is 0 Å². The topological polar surface area (TPSA) is 30.5 Å². The Kier molecular flexibility index (Phi) is 5.15. The highest BCUT2D eigenvalue weighted by atomic mass is 35.5. The van der Waals surface area contributed by atoms with E-state index in [1.807, 2.05) is 26.0 Å². The molecule has 1 aromatic rings. The number of halogens is 1. The summed E-state index contributed by atoms with van der Waals surface area (Å²) in [5.41, 5.74) is 3.44. The van der Waals surface area contributed by atoms with Crippen LogP contribution >= 0.6 is 11.6 Å². The van der Waals surface area contributed by atoms with E-state index in [1.54, 1.807) is 12.1 Å². The third-order valence-electron chi connectivity index (χ3n) is 1.72. The highest BCUT2D eigenvalue weighted by Crippen LogP contribution is 2.16. The minimum absolute atomic E-state index is 0.0481. The molecule has 0 aromatic heterocycles. The Hall–Kier alpha value is -1.19. The van der Waals surface area contributed by atoms with Crippen LogP contribution in [0.2, 0.25) is 5.02 Å². The van der Waals surface area contributed by atoms with Gasteiger partial charge in [0.25, 0.3) is 0 Å². The van der Waals surface area contributed by atoms with Gasteiger partial charge >= 0.3 is 0 Å². The van der Waals surface area contributed by atoms with Crippen molar-refractivity contribution in [2.45, 2.75) is 20.0 Å². The van der Waals surface area contributed by atoms with Crippen molar-refractivity contribution in [2.24, 2.45) is 0 Å². The zero-order chi connectivity index (χ0) is 12.0. The first kappa shape index (κ1) is 12.9. The van der Waals surface area contributed by atoms with Gasteiger partial charge in [0.05, 0.1) is 0 Å². The fraction of sp³-hybridized carbons (Fsp3) is 0.333. The molecule has 0 radical (unpaired) electrons. The third kappa shape index (κ3) is 5.05. The quantitative estimate of drug-likeness (QED) is 0.776. The van der Waals surface area contributed by atoms with Crippen LogP contribution in [0.15, 0.2) is 36.5 Å². The number of nitrogens with one attached hydrogen (secondary N) is 1. The Bertz CT molecular complexity index is 337. The van der Waals surface area contributed by atoms with Crippen molar-refractivity contribution >= 4 is 11.6 Å². The molecule has 0 saturated carbocycles. The van der Waals surface area contributed by atoms with Crippen LogP contribution < -0.4 is 10.2 Å². The Morgan fingerprint density at radius 1 is 1.44 bits per heavy atom. The van der Waals surface area contributed by atoms with Crippen molar-refractivity contribution in [1.29, 1.82) is 0 Å². The molecule has 3 nitrogen and oxygen atoms in total. The van der Waals surface area contributed by atoms with Crippen LogP contribution in [0.1, 0.15) is 13.8 Å². The van der Waals surface area contributed by atoms with Crippen molar-refractivity contribution in [3.8, 4) is 5.75 Å². The normalized spacial score (nSPS) is 11.9. The van der Waals surface area contributed by atoms with Crippen molar-refractivity contribution < 1.29 is 9.57 Å². The molecule has 4 heteroatoms. The molecule has 1 unspecified atom stereocenters. The predicted molar refractivity (Wildman–Crippen MR) is 65.4 cm³/mol. The minimum Gasteiger partial charge on any atom is -0.488 e. The van der Waals surface area contributed by atoms with Gasteiger partial charge in [-0.05, 0) is 38.1 Å². The van der Waals surface area contributed by atoms with Crippen LogP contribution in [0.3, 0.4) is 0 Å². The zero-order valence-corrected chi connectivity index (χ0v) is 10.3. The molecule has 1 aromatic carbocycles. The number of rotatable bonds is 6. The van der Waals surface area contributed by atoms with Crippen LogP contribution in [0.4, 0.5) is 0 Å². The lowest BCUT2D eigenvalue weighted by atomic mass is 10.3. The summed E-state index contributed by atoms with van der Waals surface area (Å²) in [4.78, 5) is 5.15. The van der Waals surface area contributed by atoms with E-state index in [1.165, 1.54) is 0 Å². The molecule has 0 aliphatic carbocycles. The third-order valence-corrected chi connectivity index (χ3v) is 1.97. The second-order valence-electron chi connectivity index (χ2n) is 3.58. The van der Waals surface area contributed by atoms with Gasteiger partial charge in [-0.3, -0.25) is 10.3 Å². The molecular weight excluding hydrogens is 226 g/mol. The number of hydroxylamine groups is 1. The van der Waals surface area contributed by atoms with E-state index in [-0.39, 0.29) is 6.10 Å². The van der Waals surface area contributed by atoms with Crippen molar-refractivity contribution in [3.05, 3.63) is 41.6 Å². The Morgan fingerprint density at radius 2 is 2.06 bits per heavy atom. The summed E-state index contributed by atoms with van der Waals surface area (Å²) in [5.74, 6) is 0.774. The standard InChI is InChI=1S/C12H16ClNO2/c1-9(2)14-15-8-10(3)16-12-6-4-11(13)5-7-12/h4-7,10,14H,1,8H2,2-3H3. The molecule has 0 aliphatic heterocycles. The SMILES string of the molecule is C=C(C)NOCC(C)Oc1ccc(Cl)cc1. The predicted octanol–water partition coefficient (Wildman–Crippen LogP) is 3.16. The van der Waals surface area contributed by atoms with Gasteiger partial charge in [-0.1, -0.05) is 18.2 Å². The van der Waals surface area contributed by atoms with E-state index in [9.17, 15) is 0 Å². The van der Waals surface area contributed by atoms with Gasteiger partial charge in [-0.2, -0.15) is 0 Å². The van der Waals surface area contributed by atoms with E-state index in [0.717, 1.165) is 11.4 Å². The fourth-order valence-electron chi connectivity index (χ4n) is 1.06. The molecule has 0 heterocycles. The second kappa shape index (κ2) is 6.40. The average Bonchev–Trinajstić information content (AvgIpc) is 2.21. The van der Waals surface area contributed by atoms with Crippen molar-refractivity contribution in [3.63, 3.8) is 0 Å². The molecular formula is C12H16ClNO2. The van der Waals surface area contributed by atoms with E-state index in [0.29, 0.717) is 11.6 Å². The van der Waals surface area contributed by atoms with Crippen molar-refractivity contribution in [1.82, 2.24) is 5.48 Å². The van der Waals surface area contributed by atoms with E-state index < -0.39 is 0 Å². The largest absolute Gasteiger partial charge is 0.488 e. The Morgan fingerprint density at radius 3 is 2.62 bits per heavy atom. The number of hydrogen-bond donors (Lipinski definition) is 1. The Labute approximate surface area is 101 Å². The van der Waals surface area contributed by atoms with Gasteiger partial charge in [-0.15, -0.1) is 0 Å². The summed E-state index contributed by atoms with van der Waals surface area (Å²) in [7, 11) is 0. The molecule has 0 spiro atoms. The molecule has 16 heavy (non-hydrogen) atoms. The molecule has 0 fully saturated rings. The van der Waals surface area contributed by atoms with Gasteiger partial charge in [0, 0.05) is 10.7 Å². The van der Waals surface area contributed by atoms with Gasteiger partial charge in [0.15, 0.2) is 0 Å². The summed E-state index contributed by atoms with van der Waals surface area (Å²) in [5, 5.41) is 0.695. The van der Waals surface area contributed by atoms with Crippen LogP contribution in [-0.4, -0.2) is 12.7 Å². The summed E-state index contributed by atoms with van der Waals surface area (Å²) in [6, 6.07) is 7.23. The molecule has 0 saturated heterocycles. The van der Waals surface area contributed by atoms with E-state index in [4.69, 9.17) is 21.2 Å². The lowest BCUT2D eigenvalue weighted by molar-refractivity contribution is 0.0107. The van der Waals surface area contributed by atoms with E-state index >= 15 is 0 Å². The number of ether oxygens (including phenoxy) is 1. The maximum absolute atomic E-state index is 5.77. The highest BCUT2D eigenvalue weighted by molar-refractivity contribution is 6.30. The molecule has 1 rings (SSSR count). The first-order chi connectivity index (χ1) is 7.58. The number of benzene rings is 1. The summed E-state index contributed by atoms with van der Waals surface area (Å²) >= 11 is 5.77. The van der Waals surface area contributed by atoms with Crippen molar-refractivity contribution in [2.75, 3.05) is 6.61 Å². The van der Waals surface area contributed by atoms with Gasteiger partial charge in [0.2, 0.25) is 0 Å². The average molecular weight is 242 g/mol. The highest BCUT2D eigenvalue weighted by Gasteiger charge is 2.04. The molecule has 0 amide bonds. The van der Waals surface area contributed by atoms with E-state index in [2.05, 4.69) is 12.1 Å². The lowest BCUT2D eigenvalue weighted by Gasteiger charge is -2.15. The second-order valence-corrected chi connectivity index (χ2v) is 4.01. The summed E-state index contributed by atoms with van der Waals surface area (Å²) in [6.07, 6.45) is -0.0481. The molecule has 0 aliphatic rings. The van der Waals surface area contributed by atoms with Crippen LogP contribution in [-0.2, 0) is 4.84 Å². The monoisotopic (exact) mass is 241 g/mol. The first-order valence-corrected chi connectivity index (χ1v) is 5.41. The van der Waals surface area contributed by atoms with Gasteiger partial charge < -0.3 is 4.74 Å². The van der Waals surface area contributed by atoms with Gasteiger partial charge in [0.1, 0.15) is 18.5 Å². The summed E-state index contributed by atoms with van der Waals surface area (Å²) < 4.78 is 5.60. The van der Waals surface area contributed by atoms with Gasteiger partial charge in [-0.25, -0.2) is 0 Å². The van der Waals surface area contributed by atoms with Crippen LogP contribution in [0.25, 0.3) is 0 Å². The maximum Gasteiger partial charge on any atom is 0.122 e. The summed E-state index contributed by atoms with van der Waals surface area (Å²) in [6.45, 7) is 7.84. The Balaban J connectivity index is 2.31. The first-order valence-electron chi connectivity index (χ1n) is 5.03. The molecule has 0 bridgehead atoms. The van der Waals surface area contributed by atoms with Crippen LogP contribution in [0.5, 0.6) is 5.75 Å². The number of allylic oxidation sites excluding steroid dienone is 1.